The maximum absolute atomic E-state index is 13.7. The van der Waals surface area contributed by atoms with Crippen LogP contribution >= 0.6 is 0 Å². The van der Waals surface area contributed by atoms with Crippen molar-refractivity contribution in [3.63, 3.8) is 0 Å². The number of carbonyl (C=O) groups excluding carboxylic acids is 3. The molecule has 2 aliphatic heterocycles. The predicted octanol–water partition coefficient (Wildman–Crippen LogP) is 1.38. The number of phenols is 1. The van der Waals surface area contributed by atoms with Crippen molar-refractivity contribution in [2.75, 3.05) is 20.1 Å². The van der Waals surface area contributed by atoms with E-state index in [0.717, 1.165) is 11.1 Å². The third kappa shape index (κ3) is 4.26. The Balaban J connectivity index is 1.28. The Kier molecular flexibility index (Phi) is 6.99. The third-order valence-electron chi connectivity index (χ3n) is 9.15. The lowest BCUT2D eigenvalue weighted by atomic mass is 9.50. The molecule has 0 aromatic heterocycles. The van der Waals surface area contributed by atoms with Crippen molar-refractivity contribution in [2.24, 2.45) is 0 Å². The number of aliphatic hydroxyl groups is 2. The SMILES string of the molecule is C[C@H](O)C(=O)NCCC(=O)O[C@H](C(=O)OC1=CC[C@@]2(O)[C@H]3Cc4ccc(O)c5c4C2(CCN3C)C1O5)c1ccccc1. The number of piperidine rings is 1. The summed E-state index contributed by atoms with van der Waals surface area (Å²) in [6.07, 6.45) is -0.745. The van der Waals surface area contributed by atoms with Gasteiger partial charge in [0.25, 0.3) is 0 Å². The summed E-state index contributed by atoms with van der Waals surface area (Å²) >= 11 is 0. The molecule has 11 nitrogen and oxygen atoms in total. The van der Waals surface area contributed by atoms with Crippen molar-refractivity contribution in [3.8, 4) is 11.5 Å². The van der Waals surface area contributed by atoms with Gasteiger partial charge in [-0.3, -0.25) is 9.59 Å². The maximum atomic E-state index is 13.7. The molecule has 6 atom stereocenters. The summed E-state index contributed by atoms with van der Waals surface area (Å²) in [4.78, 5) is 40.2. The summed E-state index contributed by atoms with van der Waals surface area (Å²) < 4.78 is 17.8. The van der Waals surface area contributed by atoms with Gasteiger partial charge < -0.3 is 39.7 Å². The van der Waals surface area contributed by atoms with E-state index in [9.17, 15) is 29.7 Å². The standard InChI is InChI=1S/C31H34N2O9/c1-17(34)28(37)32-14-11-23(36)41-25(18-6-4-3-5-7-18)29(38)40-21-10-12-31(39)22-16-19-8-9-20(35)26-24(19)30(31,27(21)42-26)13-15-33(22)2/h3-10,17,22,25,27,34-35,39H,11-16H2,1-2H3,(H,32,37)/t17-,22+,25-,27?,30?,31+/m0/s1. The van der Waals surface area contributed by atoms with Crippen molar-refractivity contribution in [3.05, 3.63) is 71.0 Å². The second-order valence-corrected chi connectivity index (χ2v) is 11.5. The van der Waals surface area contributed by atoms with E-state index < -0.39 is 47.2 Å². The monoisotopic (exact) mass is 578 g/mol. The summed E-state index contributed by atoms with van der Waals surface area (Å²) in [6, 6.07) is 11.7. The summed E-state index contributed by atoms with van der Waals surface area (Å²) in [6.45, 7) is 1.91. The van der Waals surface area contributed by atoms with E-state index in [2.05, 4.69) is 10.2 Å². The highest BCUT2D eigenvalue weighted by atomic mass is 16.6. The van der Waals surface area contributed by atoms with Crippen LogP contribution in [-0.2, 0) is 35.7 Å². The van der Waals surface area contributed by atoms with Gasteiger partial charge in [0.05, 0.1) is 17.4 Å². The van der Waals surface area contributed by atoms with E-state index in [1.54, 1.807) is 42.5 Å². The van der Waals surface area contributed by atoms with Gasteiger partial charge in [-0.05, 0) is 51.1 Å². The number of likely N-dealkylation sites (tertiary alicyclic amines) is 1. The molecule has 4 N–H and O–H groups in total. The van der Waals surface area contributed by atoms with Gasteiger partial charge >= 0.3 is 11.9 Å². The zero-order chi connectivity index (χ0) is 29.8. The predicted molar refractivity (Wildman–Crippen MR) is 147 cm³/mol. The van der Waals surface area contributed by atoms with Gasteiger partial charge in [0.2, 0.25) is 12.0 Å². The molecule has 2 aliphatic carbocycles. The summed E-state index contributed by atoms with van der Waals surface area (Å²) in [7, 11) is 1.99. The molecule has 6 rings (SSSR count). The molecular weight excluding hydrogens is 544 g/mol. The normalized spacial score (nSPS) is 28.4. The van der Waals surface area contributed by atoms with Gasteiger partial charge in [-0.25, -0.2) is 4.79 Å². The first kappa shape index (κ1) is 28.2. The number of nitrogens with zero attached hydrogens (tertiary/aromatic N) is 1. The molecule has 1 amide bonds. The Bertz CT molecular complexity index is 1460. The quantitative estimate of drug-likeness (QED) is 0.338. The number of carbonyl (C=O) groups is 3. The van der Waals surface area contributed by atoms with Gasteiger partial charge in [0.15, 0.2) is 17.6 Å². The van der Waals surface area contributed by atoms with Crippen LogP contribution < -0.4 is 10.1 Å². The molecule has 2 bridgehead atoms. The Morgan fingerprint density at radius 1 is 1.19 bits per heavy atom. The van der Waals surface area contributed by atoms with Crippen molar-refractivity contribution in [1.82, 2.24) is 10.2 Å². The molecule has 2 aromatic carbocycles. The van der Waals surface area contributed by atoms with Crippen LogP contribution in [0, 0.1) is 0 Å². The minimum Gasteiger partial charge on any atom is -0.504 e. The van der Waals surface area contributed by atoms with Crippen LogP contribution in [0.25, 0.3) is 0 Å². The number of aliphatic hydroxyl groups excluding tert-OH is 1. The number of ether oxygens (including phenoxy) is 3. The smallest absolute Gasteiger partial charge is 0.357 e. The Morgan fingerprint density at radius 3 is 2.69 bits per heavy atom. The highest BCUT2D eigenvalue weighted by molar-refractivity contribution is 5.83. The zero-order valence-corrected chi connectivity index (χ0v) is 23.4. The molecule has 11 heteroatoms. The van der Waals surface area contributed by atoms with Crippen LogP contribution in [0.5, 0.6) is 11.5 Å². The van der Waals surface area contributed by atoms with Crippen molar-refractivity contribution in [1.29, 1.82) is 0 Å². The van der Waals surface area contributed by atoms with Crippen LogP contribution in [-0.4, -0.2) is 82.1 Å². The first-order valence-corrected chi connectivity index (χ1v) is 14.1. The van der Waals surface area contributed by atoms with Gasteiger partial charge in [0.1, 0.15) is 11.9 Å². The number of phenolic OH excluding ortho intramolecular Hbond substituents is 1. The first-order valence-electron chi connectivity index (χ1n) is 14.1. The number of hydrogen-bond acceptors (Lipinski definition) is 10. The Labute approximate surface area is 242 Å². The minimum atomic E-state index is -1.41. The van der Waals surface area contributed by atoms with E-state index in [4.69, 9.17) is 14.2 Å². The van der Waals surface area contributed by atoms with Gasteiger partial charge in [-0.2, -0.15) is 0 Å². The molecule has 222 valence electrons. The number of hydrogen-bond donors (Lipinski definition) is 4. The average Bonchev–Trinajstić information content (AvgIpc) is 3.33. The number of esters is 2. The Hall–Kier alpha value is -3.93. The van der Waals surface area contributed by atoms with Crippen LogP contribution in [0.1, 0.15) is 49.0 Å². The molecule has 0 radical (unpaired) electrons. The highest BCUT2D eigenvalue weighted by Crippen LogP contribution is 2.65. The fourth-order valence-corrected chi connectivity index (χ4v) is 7.11. The molecule has 4 aliphatic rings. The number of benzene rings is 2. The first-order chi connectivity index (χ1) is 20.1. The maximum Gasteiger partial charge on any atom is 0.357 e. The van der Waals surface area contributed by atoms with E-state index >= 15 is 0 Å². The number of nitrogens with one attached hydrogen (secondary N) is 1. The second kappa shape index (κ2) is 10.4. The number of aromatic hydroxyl groups is 1. The summed E-state index contributed by atoms with van der Waals surface area (Å²) in [5, 5.41) is 34.8. The third-order valence-corrected chi connectivity index (χ3v) is 9.15. The fraction of sp³-hybridized carbons (Fsp3) is 0.452. The van der Waals surface area contributed by atoms with Gasteiger partial charge in [-0.15, -0.1) is 0 Å². The summed E-state index contributed by atoms with van der Waals surface area (Å²) in [5.74, 6) is -1.77. The lowest BCUT2D eigenvalue weighted by Crippen LogP contribution is -2.74. The van der Waals surface area contributed by atoms with Gasteiger partial charge in [0, 0.05) is 30.1 Å². The van der Waals surface area contributed by atoms with Crippen molar-refractivity contribution < 1.29 is 43.9 Å². The molecular formula is C31H34N2O9. The second-order valence-electron chi connectivity index (χ2n) is 11.5. The summed E-state index contributed by atoms with van der Waals surface area (Å²) in [5.41, 5.74) is -0.00217. The average molecular weight is 579 g/mol. The molecule has 1 fully saturated rings. The lowest BCUT2D eigenvalue weighted by Gasteiger charge is -2.61. The van der Waals surface area contributed by atoms with E-state index in [0.29, 0.717) is 30.7 Å². The number of rotatable bonds is 8. The van der Waals surface area contributed by atoms with Crippen LogP contribution in [0.4, 0.5) is 0 Å². The van der Waals surface area contributed by atoms with Crippen molar-refractivity contribution >= 4 is 17.8 Å². The molecule has 1 saturated heterocycles. The van der Waals surface area contributed by atoms with E-state index in [-0.39, 0.29) is 36.9 Å². The zero-order valence-electron chi connectivity index (χ0n) is 23.4. The number of likely N-dealkylation sites (N-methyl/N-ethyl adjacent to an activating group) is 1. The molecule has 2 aromatic rings. The van der Waals surface area contributed by atoms with Crippen LogP contribution in [0.3, 0.4) is 0 Å². The molecule has 42 heavy (non-hydrogen) atoms. The molecule has 0 saturated carbocycles. The minimum absolute atomic E-state index is 0.0401. The number of amides is 1. The van der Waals surface area contributed by atoms with Crippen LogP contribution in [0.2, 0.25) is 0 Å². The lowest BCUT2D eigenvalue weighted by molar-refractivity contribution is -0.176. The fourth-order valence-electron chi connectivity index (χ4n) is 7.11. The molecule has 1 spiro atoms. The Morgan fingerprint density at radius 2 is 1.95 bits per heavy atom. The highest BCUT2D eigenvalue weighted by Gasteiger charge is 2.72. The van der Waals surface area contributed by atoms with Crippen molar-refractivity contribution in [2.45, 2.75) is 68.0 Å². The van der Waals surface area contributed by atoms with E-state index in [1.165, 1.54) is 6.92 Å². The van der Waals surface area contributed by atoms with Crippen LogP contribution in [0.15, 0.2) is 54.3 Å². The largest absolute Gasteiger partial charge is 0.504 e. The molecule has 2 heterocycles. The van der Waals surface area contributed by atoms with E-state index in [1.807, 2.05) is 13.1 Å². The topological polar surface area (TPSA) is 155 Å². The van der Waals surface area contributed by atoms with Gasteiger partial charge in [-0.1, -0.05) is 36.4 Å². The molecule has 2 unspecified atom stereocenters.